The van der Waals surface area contributed by atoms with Crippen molar-refractivity contribution in [3.8, 4) is 5.75 Å². The summed E-state index contributed by atoms with van der Waals surface area (Å²) in [4.78, 5) is 22.4. The molecule has 1 aliphatic rings. The maximum Gasteiger partial charge on any atom is 0.309 e. The Morgan fingerprint density at radius 3 is 2.89 bits per heavy atom. The average Bonchev–Trinajstić information content (AvgIpc) is 2.77. The van der Waals surface area contributed by atoms with Gasteiger partial charge in [-0.3, -0.25) is 9.59 Å². The molecule has 1 aromatic rings. The van der Waals surface area contributed by atoms with Crippen LogP contribution in [-0.4, -0.2) is 25.0 Å². The number of halogens is 1. The molecular weight excluding hydrogens is 268 g/mol. The highest BCUT2D eigenvalue weighted by molar-refractivity contribution is 6.32. The van der Waals surface area contributed by atoms with Gasteiger partial charge in [0.15, 0.2) is 5.78 Å². The summed E-state index contributed by atoms with van der Waals surface area (Å²) in [5, 5.41) is 0.404. The fourth-order valence-corrected chi connectivity index (χ4v) is 2.18. The van der Waals surface area contributed by atoms with E-state index in [-0.39, 0.29) is 17.7 Å². The first kappa shape index (κ1) is 13.9. The van der Waals surface area contributed by atoms with Gasteiger partial charge >= 0.3 is 5.97 Å². The van der Waals surface area contributed by atoms with Crippen LogP contribution in [-0.2, 0) is 9.53 Å². The van der Waals surface area contributed by atoms with Crippen LogP contribution in [0.25, 0.3) is 0 Å². The van der Waals surface area contributed by atoms with Crippen LogP contribution < -0.4 is 4.74 Å². The Labute approximate surface area is 116 Å². The van der Waals surface area contributed by atoms with Gasteiger partial charge in [-0.2, -0.15) is 0 Å². The Bertz CT molecular complexity index is 498. The van der Waals surface area contributed by atoms with E-state index in [1.807, 2.05) is 0 Å². The van der Waals surface area contributed by atoms with E-state index in [9.17, 15) is 9.59 Å². The molecule has 5 heteroatoms. The fraction of sp³-hybridized carbons (Fsp3) is 0.429. The van der Waals surface area contributed by atoms with Crippen LogP contribution in [0.1, 0.15) is 30.1 Å². The van der Waals surface area contributed by atoms with Gasteiger partial charge in [-0.25, -0.2) is 0 Å². The van der Waals surface area contributed by atoms with Gasteiger partial charge in [0.05, 0.1) is 24.2 Å². The first-order valence-electron chi connectivity index (χ1n) is 6.18. The molecule has 0 N–H and O–H groups in total. The molecule has 0 radical (unpaired) electrons. The Balaban J connectivity index is 1.89. The summed E-state index contributed by atoms with van der Waals surface area (Å²) in [5.74, 6) is 0.261. The molecule has 1 heterocycles. The lowest BCUT2D eigenvalue weighted by Crippen LogP contribution is -2.12. The Morgan fingerprint density at radius 1 is 1.53 bits per heavy atom. The molecule has 0 bridgehead atoms. The highest BCUT2D eigenvalue weighted by Crippen LogP contribution is 2.26. The number of carbonyl (C=O) groups excluding carboxylic acids is 2. The van der Waals surface area contributed by atoms with Gasteiger partial charge in [0.1, 0.15) is 5.75 Å². The molecule has 0 saturated carbocycles. The Morgan fingerprint density at radius 2 is 2.32 bits per heavy atom. The van der Waals surface area contributed by atoms with Gasteiger partial charge in [-0.15, -0.1) is 0 Å². The van der Waals surface area contributed by atoms with E-state index in [4.69, 9.17) is 21.1 Å². The minimum Gasteiger partial charge on any atom is -0.492 e. The lowest BCUT2D eigenvalue weighted by molar-refractivity contribution is -0.141. The maximum atomic E-state index is 11.3. The summed E-state index contributed by atoms with van der Waals surface area (Å²) in [7, 11) is 0. The summed E-state index contributed by atoms with van der Waals surface area (Å²) in [6, 6.07) is 4.93. The van der Waals surface area contributed by atoms with Crippen molar-refractivity contribution in [2.24, 2.45) is 5.92 Å². The van der Waals surface area contributed by atoms with E-state index in [1.165, 1.54) is 6.92 Å². The molecule has 102 valence electrons. The van der Waals surface area contributed by atoms with Crippen molar-refractivity contribution in [3.05, 3.63) is 28.8 Å². The number of rotatable bonds is 5. The zero-order valence-electron chi connectivity index (χ0n) is 10.6. The largest absolute Gasteiger partial charge is 0.492 e. The minimum atomic E-state index is -0.151. The second-order valence-corrected chi connectivity index (χ2v) is 4.90. The van der Waals surface area contributed by atoms with Crippen LogP contribution >= 0.6 is 11.6 Å². The molecule has 0 aromatic heterocycles. The SMILES string of the molecule is CC(=O)c1ccc(OCC[C@@H]2CCOC2=O)c(Cl)c1. The van der Waals surface area contributed by atoms with Gasteiger partial charge in [-0.1, -0.05) is 11.6 Å². The third-order valence-electron chi connectivity index (χ3n) is 3.11. The lowest BCUT2D eigenvalue weighted by atomic mass is 10.1. The lowest BCUT2D eigenvalue weighted by Gasteiger charge is -2.10. The summed E-state index contributed by atoms with van der Waals surface area (Å²) in [6.07, 6.45) is 1.36. The number of cyclic esters (lactones) is 1. The molecule has 0 amide bonds. The average molecular weight is 283 g/mol. The van der Waals surface area contributed by atoms with Crippen LogP contribution in [0.15, 0.2) is 18.2 Å². The summed E-state index contributed by atoms with van der Waals surface area (Å²) < 4.78 is 10.4. The number of esters is 1. The third kappa shape index (κ3) is 3.47. The van der Waals surface area contributed by atoms with Crippen molar-refractivity contribution in [1.82, 2.24) is 0 Å². The zero-order chi connectivity index (χ0) is 13.8. The van der Waals surface area contributed by atoms with Crippen molar-refractivity contribution >= 4 is 23.4 Å². The van der Waals surface area contributed by atoms with E-state index in [2.05, 4.69) is 0 Å². The van der Waals surface area contributed by atoms with Gasteiger partial charge in [0.25, 0.3) is 0 Å². The molecule has 1 fully saturated rings. The van der Waals surface area contributed by atoms with Crippen LogP contribution in [0.4, 0.5) is 0 Å². The highest BCUT2D eigenvalue weighted by Gasteiger charge is 2.26. The van der Waals surface area contributed by atoms with Crippen LogP contribution in [0.2, 0.25) is 5.02 Å². The molecule has 0 aliphatic carbocycles. The smallest absolute Gasteiger partial charge is 0.309 e. The quantitative estimate of drug-likeness (QED) is 0.615. The molecule has 0 spiro atoms. The van der Waals surface area contributed by atoms with Crippen molar-refractivity contribution in [3.63, 3.8) is 0 Å². The maximum absolute atomic E-state index is 11.3. The van der Waals surface area contributed by atoms with E-state index < -0.39 is 0 Å². The summed E-state index contributed by atoms with van der Waals surface area (Å²) in [6.45, 7) is 2.38. The van der Waals surface area contributed by atoms with Crippen LogP contribution in [0.5, 0.6) is 5.75 Å². The van der Waals surface area contributed by atoms with Crippen molar-refractivity contribution in [2.75, 3.05) is 13.2 Å². The number of carbonyl (C=O) groups is 2. The van der Waals surface area contributed by atoms with Crippen molar-refractivity contribution in [2.45, 2.75) is 19.8 Å². The second kappa shape index (κ2) is 6.06. The second-order valence-electron chi connectivity index (χ2n) is 4.49. The minimum absolute atomic E-state index is 0.0397. The Kier molecular flexibility index (Phi) is 4.43. The van der Waals surface area contributed by atoms with E-state index in [0.717, 1.165) is 6.42 Å². The topological polar surface area (TPSA) is 52.6 Å². The number of ketones is 1. The Hall–Kier alpha value is -1.55. The number of ether oxygens (including phenoxy) is 2. The van der Waals surface area contributed by atoms with E-state index >= 15 is 0 Å². The number of benzene rings is 1. The molecular formula is C14H15ClO4. The monoisotopic (exact) mass is 282 g/mol. The van der Waals surface area contributed by atoms with Crippen molar-refractivity contribution < 1.29 is 19.1 Å². The molecule has 0 unspecified atom stereocenters. The van der Waals surface area contributed by atoms with Gasteiger partial charge in [0.2, 0.25) is 0 Å². The van der Waals surface area contributed by atoms with Gasteiger partial charge in [0, 0.05) is 5.56 Å². The first-order chi connectivity index (χ1) is 9.08. The predicted octanol–water partition coefficient (Wildman–Crippen LogP) is 2.87. The van der Waals surface area contributed by atoms with E-state index in [1.54, 1.807) is 18.2 Å². The summed E-state index contributed by atoms with van der Waals surface area (Å²) in [5.41, 5.74) is 0.553. The standard InChI is InChI=1S/C14H15ClO4/c1-9(16)11-2-3-13(12(15)8-11)18-6-4-10-5-7-19-14(10)17/h2-3,8,10H,4-7H2,1H3/t10-/m1/s1. The molecule has 2 rings (SSSR count). The van der Waals surface area contributed by atoms with Gasteiger partial charge in [-0.05, 0) is 38.0 Å². The molecule has 1 aromatic carbocycles. The van der Waals surface area contributed by atoms with Crippen LogP contribution in [0, 0.1) is 5.92 Å². The number of Topliss-reactive ketones (excluding diaryl/α,β-unsaturated/α-hetero) is 1. The zero-order valence-corrected chi connectivity index (χ0v) is 11.4. The molecule has 1 atom stereocenters. The third-order valence-corrected chi connectivity index (χ3v) is 3.40. The van der Waals surface area contributed by atoms with Crippen molar-refractivity contribution in [1.29, 1.82) is 0 Å². The summed E-state index contributed by atoms with van der Waals surface area (Å²) >= 11 is 6.03. The molecule has 4 nitrogen and oxygen atoms in total. The molecule has 1 aliphatic heterocycles. The predicted molar refractivity (Wildman–Crippen MR) is 70.6 cm³/mol. The van der Waals surface area contributed by atoms with Gasteiger partial charge < -0.3 is 9.47 Å². The number of hydrogen-bond acceptors (Lipinski definition) is 4. The van der Waals surface area contributed by atoms with Crippen LogP contribution in [0.3, 0.4) is 0 Å². The number of hydrogen-bond donors (Lipinski definition) is 0. The molecule has 1 saturated heterocycles. The van der Waals surface area contributed by atoms with E-state index in [0.29, 0.717) is 36.0 Å². The highest BCUT2D eigenvalue weighted by atomic mass is 35.5. The normalized spacial score (nSPS) is 18.2. The molecule has 19 heavy (non-hydrogen) atoms. The fourth-order valence-electron chi connectivity index (χ4n) is 1.95. The first-order valence-corrected chi connectivity index (χ1v) is 6.55.